The van der Waals surface area contributed by atoms with Gasteiger partial charge in [-0.3, -0.25) is 0 Å². The summed E-state index contributed by atoms with van der Waals surface area (Å²) >= 11 is 0. The number of hydrogen-bond acceptors (Lipinski definition) is 7. The maximum Gasteiger partial charge on any atom is 0.213 e. The lowest BCUT2D eigenvalue weighted by Gasteiger charge is -2.19. The quantitative estimate of drug-likeness (QED) is 0.276. The molecule has 132 valence electrons. The number of sulfonamides is 1. The summed E-state index contributed by atoms with van der Waals surface area (Å²) in [5, 5.41) is 10.8. The largest absolute Gasteiger partial charge is 0.414 e. The summed E-state index contributed by atoms with van der Waals surface area (Å²) in [4.78, 5) is 8.80. The first-order chi connectivity index (χ1) is 10.8. The molecule has 0 aliphatic heterocycles. The Balaban J connectivity index is 4.67. The smallest absolute Gasteiger partial charge is 0.213 e. The molecule has 0 radical (unpaired) electrons. The topological polar surface area (TPSA) is 107 Å². The molecule has 0 aromatic carbocycles. The van der Waals surface area contributed by atoms with Gasteiger partial charge in [0.05, 0.1) is 11.5 Å². The zero-order valence-electron chi connectivity index (χ0n) is 14.2. The molecule has 0 amide bonds. The Kier molecular flexibility index (Phi) is 10.1. The van der Waals surface area contributed by atoms with Crippen molar-refractivity contribution < 1.29 is 13.3 Å². The van der Waals surface area contributed by atoms with Gasteiger partial charge in [0, 0.05) is 38.8 Å². The van der Waals surface area contributed by atoms with Crippen molar-refractivity contribution in [3.63, 3.8) is 0 Å². The summed E-state index contributed by atoms with van der Waals surface area (Å²) in [6.07, 6.45) is 3.00. The maximum atomic E-state index is 11.8. The second-order valence-corrected chi connectivity index (χ2v) is 6.78. The van der Waals surface area contributed by atoms with Gasteiger partial charge in [-0.25, -0.2) is 17.7 Å². The number of allylic oxidation sites excluding steroid dienone is 3. The van der Waals surface area contributed by atoms with Crippen molar-refractivity contribution in [2.24, 2.45) is 4.99 Å². The summed E-state index contributed by atoms with van der Waals surface area (Å²) in [6.45, 7) is 9.67. The zero-order chi connectivity index (χ0) is 17.9. The minimum Gasteiger partial charge on any atom is -0.414 e. The first-order valence-electron chi connectivity index (χ1n) is 7.31. The molecular weight excluding hydrogens is 318 g/mol. The van der Waals surface area contributed by atoms with E-state index in [4.69, 9.17) is 10.2 Å². The van der Waals surface area contributed by atoms with Gasteiger partial charge in [-0.05, 0) is 20.6 Å². The molecule has 0 bridgehead atoms. The fourth-order valence-electron chi connectivity index (χ4n) is 1.74. The fraction of sp³-hybridized carbons (Fsp3) is 0.571. The molecule has 0 spiro atoms. The minimum atomic E-state index is -3.21. The lowest BCUT2D eigenvalue weighted by Crippen LogP contribution is -2.37. The summed E-state index contributed by atoms with van der Waals surface area (Å²) in [5.74, 6) is 1.00. The Bertz CT molecular complexity index is 555. The lowest BCUT2D eigenvalue weighted by molar-refractivity contribution is 0.128. The fourth-order valence-corrected chi connectivity index (χ4v) is 2.86. The molecule has 23 heavy (non-hydrogen) atoms. The van der Waals surface area contributed by atoms with Gasteiger partial charge in [0.15, 0.2) is 0 Å². The van der Waals surface area contributed by atoms with Crippen LogP contribution in [0.2, 0.25) is 0 Å². The molecule has 0 aromatic rings. The number of nitrogens with zero attached hydrogens (tertiary/aromatic N) is 2. The normalized spacial score (nSPS) is 13.1. The lowest BCUT2D eigenvalue weighted by atomic mass is 10.3. The van der Waals surface area contributed by atoms with E-state index >= 15 is 0 Å². The van der Waals surface area contributed by atoms with E-state index in [1.165, 1.54) is 16.5 Å². The Hall–Kier alpha value is -1.71. The number of rotatable bonds is 12. The predicted octanol–water partition coefficient (Wildman–Crippen LogP) is 0.864. The molecular formula is C14H27N5O3S. The second kappa shape index (κ2) is 10.9. The monoisotopic (exact) mass is 345 g/mol. The Labute approximate surface area is 138 Å². The molecule has 0 fully saturated rings. The van der Waals surface area contributed by atoms with Crippen molar-refractivity contribution in [2.75, 3.05) is 32.4 Å². The van der Waals surface area contributed by atoms with E-state index in [-0.39, 0.29) is 11.5 Å². The van der Waals surface area contributed by atoms with Gasteiger partial charge in [0.25, 0.3) is 0 Å². The number of hydroxylamine groups is 1. The van der Waals surface area contributed by atoms with Crippen molar-refractivity contribution in [2.45, 2.75) is 20.8 Å². The zero-order valence-corrected chi connectivity index (χ0v) is 15.0. The Morgan fingerprint density at radius 3 is 2.52 bits per heavy atom. The third kappa shape index (κ3) is 8.48. The first-order valence-corrected chi connectivity index (χ1v) is 8.92. The van der Waals surface area contributed by atoms with Gasteiger partial charge in [-0.1, -0.05) is 6.92 Å². The van der Waals surface area contributed by atoms with Crippen molar-refractivity contribution in [1.29, 1.82) is 5.41 Å². The molecule has 0 saturated heterocycles. The molecule has 0 aliphatic rings. The summed E-state index contributed by atoms with van der Waals surface area (Å²) in [6, 6.07) is 0. The Morgan fingerprint density at radius 2 is 2.04 bits per heavy atom. The summed E-state index contributed by atoms with van der Waals surface area (Å²) in [5.41, 5.74) is 2.70. The molecule has 0 saturated carbocycles. The third-order valence-corrected chi connectivity index (χ3v) is 4.82. The van der Waals surface area contributed by atoms with E-state index in [2.05, 4.69) is 22.5 Å². The van der Waals surface area contributed by atoms with Crippen LogP contribution >= 0.6 is 0 Å². The number of hydrogen-bond donors (Lipinski definition) is 3. The maximum absolute atomic E-state index is 11.8. The molecule has 0 aromatic heterocycles. The summed E-state index contributed by atoms with van der Waals surface area (Å²) in [7, 11) is -1.58. The summed E-state index contributed by atoms with van der Waals surface area (Å²) < 4.78 is 25.0. The molecule has 9 heteroatoms. The highest BCUT2D eigenvalue weighted by Crippen LogP contribution is 2.01. The minimum absolute atomic E-state index is 0.0728. The van der Waals surface area contributed by atoms with Crippen LogP contribution in [-0.4, -0.2) is 57.6 Å². The van der Waals surface area contributed by atoms with Crippen LogP contribution < -0.4 is 10.8 Å². The van der Waals surface area contributed by atoms with Crippen LogP contribution in [0, 0.1) is 5.41 Å². The van der Waals surface area contributed by atoms with E-state index in [0.29, 0.717) is 31.2 Å². The van der Waals surface area contributed by atoms with Crippen molar-refractivity contribution >= 4 is 22.5 Å². The number of likely N-dealkylation sites (N-methyl/N-ethyl adjacent to an activating group) is 1. The molecule has 0 heterocycles. The number of aliphatic imine (C=N–C) groups is 1. The number of nitrogens with one attached hydrogen (secondary N) is 3. The van der Waals surface area contributed by atoms with Gasteiger partial charge in [0.1, 0.15) is 11.6 Å². The van der Waals surface area contributed by atoms with Crippen LogP contribution in [0.4, 0.5) is 0 Å². The molecule has 0 rings (SSSR count). The highest BCUT2D eigenvalue weighted by molar-refractivity contribution is 7.89. The van der Waals surface area contributed by atoms with E-state index < -0.39 is 10.0 Å². The van der Waals surface area contributed by atoms with Gasteiger partial charge >= 0.3 is 0 Å². The second-order valence-electron chi connectivity index (χ2n) is 4.52. The van der Waals surface area contributed by atoms with E-state index in [1.54, 1.807) is 27.8 Å². The van der Waals surface area contributed by atoms with Gasteiger partial charge in [0.2, 0.25) is 10.0 Å². The van der Waals surface area contributed by atoms with Crippen LogP contribution in [0.3, 0.4) is 0 Å². The standard InChI is InChI=1S/C14H27N5O3S/c1-6-19(23(20,21)7-2)9-8-18-14(16-4)11-13(15)10-12(3)22-17-5/h10-11,15,17-18H,4,6-9H2,1-3,5H3/b12-10+,14-11+,15-13?. The van der Waals surface area contributed by atoms with Crippen LogP contribution in [-0.2, 0) is 14.9 Å². The van der Waals surface area contributed by atoms with Crippen LogP contribution in [0.15, 0.2) is 28.7 Å². The van der Waals surface area contributed by atoms with Crippen molar-refractivity contribution in [1.82, 2.24) is 15.1 Å². The van der Waals surface area contributed by atoms with Crippen LogP contribution in [0.1, 0.15) is 20.8 Å². The van der Waals surface area contributed by atoms with Crippen molar-refractivity contribution in [3.05, 3.63) is 23.7 Å². The molecule has 0 aliphatic carbocycles. The molecule has 0 unspecified atom stereocenters. The van der Waals surface area contributed by atoms with E-state index in [0.717, 1.165) is 0 Å². The van der Waals surface area contributed by atoms with E-state index in [1.807, 2.05) is 0 Å². The Morgan fingerprint density at radius 1 is 1.39 bits per heavy atom. The van der Waals surface area contributed by atoms with Gasteiger partial charge < -0.3 is 15.6 Å². The predicted molar refractivity (Wildman–Crippen MR) is 94.0 cm³/mol. The highest BCUT2D eigenvalue weighted by atomic mass is 32.2. The van der Waals surface area contributed by atoms with Crippen LogP contribution in [0.5, 0.6) is 0 Å². The van der Waals surface area contributed by atoms with Gasteiger partial charge in [-0.15, -0.1) is 0 Å². The SMILES string of the molecule is C=N/C(=C\C(=N)/C=C(\C)ONC)NCCN(CC)S(=O)(=O)CC. The third-order valence-electron chi connectivity index (χ3n) is 2.86. The molecule has 0 atom stereocenters. The van der Waals surface area contributed by atoms with Gasteiger partial charge in [-0.2, -0.15) is 5.48 Å². The molecule has 3 N–H and O–H groups in total. The van der Waals surface area contributed by atoms with Crippen molar-refractivity contribution in [3.8, 4) is 0 Å². The highest BCUT2D eigenvalue weighted by Gasteiger charge is 2.17. The molecule has 8 nitrogen and oxygen atoms in total. The first kappa shape index (κ1) is 21.3. The van der Waals surface area contributed by atoms with Crippen LogP contribution in [0.25, 0.3) is 0 Å². The average molecular weight is 345 g/mol. The average Bonchev–Trinajstić information content (AvgIpc) is 2.50. The van der Waals surface area contributed by atoms with E-state index in [9.17, 15) is 8.42 Å².